The molecular weight excluding hydrogens is 344 g/mol. The quantitative estimate of drug-likeness (QED) is 0.872. The number of carbonyl (C=O) groups excluding carboxylic acids is 3. The summed E-state index contributed by atoms with van der Waals surface area (Å²) in [7, 11) is 1.57. The van der Waals surface area contributed by atoms with Crippen LogP contribution in [0, 0.1) is 0 Å². The molecule has 1 N–H and O–H groups in total. The lowest BCUT2D eigenvalue weighted by Gasteiger charge is -2.45. The first-order valence-corrected chi connectivity index (χ1v) is 9.82. The van der Waals surface area contributed by atoms with Crippen LogP contribution in [0.3, 0.4) is 0 Å². The Bertz CT molecular complexity index is 772. The van der Waals surface area contributed by atoms with Crippen LogP contribution in [0.15, 0.2) is 18.2 Å². The van der Waals surface area contributed by atoms with Gasteiger partial charge in [0.05, 0.1) is 11.4 Å². The summed E-state index contributed by atoms with van der Waals surface area (Å²) in [6.07, 6.45) is 4.94. The number of fused-ring (bicyclic) bond motifs is 3. The zero-order chi connectivity index (χ0) is 19.0. The van der Waals surface area contributed by atoms with E-state index in [2.05, 4.69) is 10.2 Å². The summed E-state index contributed by atoms with van der Waals surface area (Å²) in [4.78, 5) is 43.5. The number of carbonyl (C=O) groups is 3. The van der Waals surface area contributed by atoms with Gasteiger partial charge in [0.15, 0.2) is 0 Å². The predicted molar refractivity (Wildman–Crippen MR) is 103 cm³/mol. The predicted octanol–water partition coefficient (Wildman–Crippen LogP) is 1.37. The molecule has 3 aliphatic rings. The number of benzene rings is 1. The third-order valence-electron chi connectivity index (χ3n) is 5.85. The van der Waals surface area contributed by atoms with Crippen LogP contribution in [0.4, 0.5) is 11.4 Å². The SMILES string of the molecule is CNC(=O)CN1C(=O)[C@H]2CCCCN2c2ccc(C(=O)N3CCCC3)cc21. The van der Waals surface area contributed by atoms with Gasteiger partial charge in [-0.15, -0.1) is 0 Å². The van der Waals surface area contributed by atoms with Gasteiger partial charge in [-0.3, -0.25) is 19.3 Å². The number of likely N-dealkylation sites (N-methyl/N-ethyl adjacent to an activating group) is 1. The third-order valence-corrected chi connectivity index (χ3v) is 5.85. The molecular formula is C20H26N4O3. The van der Waals surface area contributed by atoms with Crippen LogP contribution < -0.4 is 15.1 Å². The van der Waals surface area contributed by atoms with Gasteiger partial charge in [0.1, 0.15) is 12.6 Å². The smallest absolute Gasteiger partial charge is 0.253 e. The molecule has 0 saturated carbocycles. The molecule has 0 aromatic heterocycles. The number of anilines is 2. The summed E-state index contributed by atoms with van der Waals surface area (Å²) < 4.78 is 0. The molecule has 3 amide bonds. The Morgan fingerprint density at radius 1 is 1.07 bits per heavy atom. The summed E-state index contributed by atoms with van der Waals surface area (Å²) in [5.41, 5.74) is 2.20. The Morgan fingerprint density at radius 3 is 2.56 bits per heavy atom. The number of piperidine rings is 1. The molecule has 2 fully saturated rings. The number of nitrogens with zero attached hydrogens (tertiary/aromatic N) is 3. The highest BCUT2D eigenvalue weighted by Gasteiger charge is 2.40. The van der Waals surface area contributed by atoms with E-state index in [1.54, 1.807) is 18.0 Å². The largest absolute Gasteiger partial charge is 0.358 e. The molecule has 0 unspecified atom stereocenters. The minimum atomic E-state index is -0.213. The lowest BCUT2D eigenvalue weighted by atomic mass is 9.95. The van der Waals surface area contributed by atoms with Gasteiger partial charge in [-0.1, -0.05) is 0 Å². The fourth-order valence-corrected chi connectivity index (χ4v) is 4.38. The third kappa shape index (κ3) is 3.15. The van der Waals surface area contributed by atoms with Crippen LogP contribution in [0.25, 0.3) is 0 Å². The Hall–Kier alpha value is -2.57. The van der Waals surface area contributed by atoms with E-state index >= 15 is 0 Å². The van der Waals surface area contributed by atoms with Crippen LogP contribution in [0.5, 0.6) is 0 Å². The second kappa shape index (κ2) is 7.21. The molecule has 1 aromatic carbocycles. The minimum absolute atomic E-state index is 0.00316. The number of hydrogen-bond donors (Lipinski definition) is 1. The normalized spacial score (nSPS) is 21.7. The van der Waals surface area contributed by atoms with Crippen molar-refractivity contribution < 1.29 is 14.4 Å². The first-order chi connectivity index (χ1) is 13.1. The molecule has 0 radical (unpaired) electrons. The maximum Gasteiger partial charge on any atom is 0.253 e. The molecule has 7 nitrogen and oxygen atoms in total. The van der Waals surface area contributed by atoms with Gasteiger partial charge in [0.2, 0.25) is 11.8 Å². The van der Waals surface area contributed by atoms with Crippen molar-refractivity contribution >= 4 is 29.1 Å². The molecule has 3 aliphatic heterocycles. The Kier molecular flexibility index (Phi) is 4.76. The van der Waals surface area contributed by atoms with Crippen LogP contribution in [-0.4, -0.2) is 61.9 Å². The first kappa shape index (κ1) is 17.8. The first-order valence-electron chi connectivity index (χ1n) is 9.82. The summed E-state index contributed by atoms with van der Waals surface area (Å²) in [5.74, 6) is -0.255. The second-order valence-electron chi connectivity index (χ2n) is 7.51. The molecule has 3 heterocycles. The summed E-state index contributed by atoms with van der Waals surface area (Å²) in [6.45, 7) is 2.38. The van der Waals surface area contributed by atoms with Crippen molar-refractivity contribution in [3.05, 3.63) is 23.8 Å². The lowest BCUT2D eigenvalue weighted by molar-refractivity contribution is -0.124. The fourth-order valence-electron chi connectivity index (χ4n) is 4.38. The van der Waals surface area contributed by atoms with E-state index in [-0.39, 0.29) is 30.3 Å². The topological polar surface area (TPSA) is 73.0 Å². The van der Waals surface area contributed by atoms with Gasteiger partial charge < -0.3 is 15.1 Å². The molecule has 144 valence electrons. The Morgan fingerprint density at radius 2 is 1.81 bits per heavy atom. The van der Waals surface area contributed by atoms with Crippen LogP contribution >= 0.6 is 0 Å². The average molecular weight is 370 g/mol. The molecule has 1 atom stereocenters. The Labute approximate surface area is 159 Å². The highest BCUT2D eigenvalue weighted by Crippen LogP contribution is 2.40. The Balaban J connectivity index is 1.73. The lowest BCUT2D eigenvalue weighted by Crippen LogP contribution is -2.57. The second-order valence-corrected chi connectivity index (χ2v) is 7.51. The minimum Gasteiger partial charge on any atom is -0.358 e. The van der Waals surface area contributed by atoms with Gasteiger partial charge in [0.25, 0.3) is 5.91 Å². The van der Waals surface area contributed by atoms with Gasteiger partial charge in [-0.25, -0.2) is 0 Å². The number of amides is 3. The van der Waals surface area contributed by atoms with Crippen LogP contribution in [-0.2, 0) is 9.59 Å². The van der Waals surface area contributed by atoms with Gasteiger partial charge >= 0.3 is 0 Å². The van der Waals surface area contributed by atoms with Gasteiger partial charge in [0, 0.05) is 32.2 Å². The highest BCUT2D eigenvalue weighted by molar-refractivity contribution is 6.09. The van der Waals surface area contributed by atoms with E-state index in [0.717, 1.165) is 57.4 Å². The van der Waals surface area contributed by atoms with E-state index in [1.807, 2.05) is 17.0 Å². The van der Waals surface area contributed by atoms with E-state index < -0.39 is 0 Å². The van der Waals surface area contributed by atoms with Crippen molar-refractivity contribution in [3.63, 3.8) is 0 Å². The average Bonchev–Trinajstić information content (AvgIpc) is 3.24. The zero-order valence-corrected chi connectivity index (χ0v) is 15.7. The maximum atomic E-state index is 13.1. The van der Waals surface area contributed by atoms with Gasteiger partial charge in [-0.2, -0.15) is 0 Å². The molecule has 1 aromatic rings. The fraction of sp³-hybridized carbons (Fsp3) is 0.550. The van der Waals surface area contributed by atoms with Crippen molar-refractivity contribution in [3.8, 4) is 0 Å². The van der Waals surface area contributed by atoms with E-state index in [0.29, 0.717) is 11.3 Å². The number of hydrogen-bond acceptors (Lipinski definition) is 4. The highest BCUT2D eigenvalue weighted by atomic mass is 16.2. The molecule has 7 heteroatoms. The molecule has 27 heavy (non-hydrogen) atoms. The van der Waals surface area contributed by atoms with Crippen molar-refractivity contribution in [1.82, 2.24) is 10.2 Å². The van der Waals surface area contributed by atoms with Crippen molar-refractivity contribution in [2.75, 3.05) is 43.0 Å². The van der Waals surface area contributed by atoms with Crippen LogP contribution in [0.1, 0.15) is 42.5 Å². The van der Waals surface area contributed by atoms with E-state index in [1.165, 1.54) is 0 Å². The van der Waals surface area contributed by atoms with E-state index in [9.17, 15) is 14.4 Å². The molecule has 0 aliphatic carbocycles. The maximum absolute atomic E-state index is 13.1. The summed E-state index contributed by atoms with van der Waals surface area (Å²) in [6, 6.07) is 5.39. The van der Waals surface area contributed by atoms with Gasteiger partial charge in [-0.05, 0) is 50.3 Å². The zero-order valence-electron chi connectivity index (χ0n) is 15.7. The van der Waals surface area contributed by atoms with Crippen molar-refractivity contribution in [2.45, 2.75) is 38.1 Å². The monoisotopic (exact) mass is 370 g/mol. The molecule has 2 saturated heterocycles. The summed E-state index contributed by atoms with van der Waals surface area (Å²) in [5, 5.41) is 2.60. The molecule has 0 spiro atoms. The van der Waals surface area contributed by atoms with Crippen molar-refractivity contribution in [2.24, 2.45) is 0 Å². The number of rotatable bonds is 3. The molecule has 0 bridgehead atoms. The molecule has 4 rings (SSSR count). The van der Waals surface area contributed by atoms with Crippen molar-refractivity contribution in [1.29, 1.82) is 0 Å². The number of likely N-dealkylation sites (tertiary alicyclic amines) is 1. The summed E-state index contributed by atoms with van der Waals surface area (Å²) >= 11 is 0. The number of nitrogens with one attached hydrogen (secondary N) is 1. The van der Waals surface area contributed by atoms with Crippen LogP contribution in [0.2, 0.25) is 0 Å². The standard InChI is InChI=1S/C20H26N4O3/c1-21-18(25)13-24-17-12-14(19(26)22-9-4-5-10-22)7-8-15(17)23-11-3-2-6-16(23)20(24)27/h7-8,12,16H,2-6,9-11,13H2,1H3,(H,21,25)/t16-/m1/s1. The van der Waals surface area contributed by atoms with E-state index in [4.69, 9.17) is 0 Å².